The van der Waals surface area contributed by atoms with E-state index in [9.17, 15) is 4.79 Å². The van der Waals surface area contributed by atoms with Crippen molar-refractivity contribution in [3.63, 3.8) is 0 Å². The first-order chi connectivity index (χ1) is 14.1. The van der Waals surface area contributed by atoms with Crippen LogP contribution in [0.3, 0.4) is 0 Å². The van der Waals surface area contributed by atoms with Gasteiger partial charge in [-0.05, 0) is 12.1 Å². The lowest BCUT2D eigenvalue weighted by molar-refractivity contribution is -0.117. The molecule has 1 saturated heterocycles. The molecule has 8 nitrogen and oxygen atoms in total. The first kappa shape index (κ1) is 21.1. The zero-order valence-corrected chi connectivity index (χ0v) is 17.6. The van der Waals surface area contributed by atoms with Crippen molar-refractivity contribution in [2.24, 2.45) is 0 Å². The van der Waals surface area contributed by atoms with E-state index in [1.54, 1.807) is 26.4 Å². The number of carbonyl (C=O) groups excluding carboxylic acids is 1. The predicted octanol–water partition coefficient (Wildman–Crippen LogP) is 1.72. The van der Waals surface area contributed by atoms with Gasteiger partial charge in [0.05, 0.1) is 20.8 Å². The monoisotopic (exact) mass is 401 g/mol. The Labute approximate surface area is 172 Å². The minimum Gasteiger partial charge on any atom is -0.493 e. The Balaban J connectivity index is 1.41. The Hall–Kier alpha value is -2.58. The van der Waals surface area contributed by atoms with Gasteiger partial charge < -0.3 is 19.4 Å². The molecule has 1 fully saturated rings. The average molecular weight is 402 g/mol. The molecule has 29 heavy (non-hydrogen) atoms. The summed E-state index contributed by atoms with van der Waals surface area (Å²) in [4.78, 5) is 21.4. The average Bonchev–Trinajstić information content (AvgIpc) is 3.20. The van der Waals surface area contributed by atoms with Crippen LogP contribution in [-0.4, -0.2) is 78.7 Å². The largest absolute Gasteiger partial charge is 0.493 e. The topological polar surface area (TPSA) is 71.9 Å². The third kappa shape index (κ3) is 5.71. The summed E-state index contributed by atoms with van der Waals surface area (Å²) in [5.41, 5.74) is 0.707. The van der Waals surface area contributed by atoms with Crippen LogP contribution in [0.25, 0.3) is 0 Å². The van der Waals surface area contributed by atoms with Gasteiger partial charge >= 0.3 is 0 Å². The van der Waals surface area contributed by atoms with E-state index < -0.39 is 0 Å². The van der Waals surface area contributed by atoms with E-state index in [0.29, 0.717) is 23.7 Å². The van der Waals surface area contributed by atoms with Crippen LogP contribution >= 0.6 is 0 Å². The quantitative estimate of drug-likeness (QED) is 0.690. The van der Waals surface area contributed by atoms with Crippen molar-refractivity contribution in [1.29, 1.82) is 0 Å². The molecule has 0 atom stereocenters. The SMILES string of the molecule is CCc1nccn1CCN1CCN(CC(=O)Nc2ccc(OC)c(OC)c2)CC1. The Morgan fingerprint density at radius 3 is 2.48 bits per heavy atom. The summed E-state index contributed by atoms with van der Waals surface area (Å²) >= 11 is 0. The lowest BCUT2D eigenvalue weighted by atomic mass is 10.2. The number of ether oxygens (including phenoxy) is 2. The van der Waals surface area contributed by atoms with Crippen LogP contribution in [-0.2, 0) is 17.8 Å². The van der Waals surface area contributed by atoms with Crippen LogP contribution < -0.4 is 14.8 Å². The highest BCUT2D eigenvalue weighted by Gasteiger charge is 2.19. The van der Waals surface area contributed by atoms with E-state index in [-0.39, 0.29) is 5.91 Å². The molecular weight excluding hydrogens is 370 g/mol. The molecular formula is C21H31N5O3. The summed E-state index contributed by atoms with van der Waals surface area (Å²) in [6.07, 6.45) is 4.87. The molecule has 1 aliphatic heterocycles. The van der Waals surface area contributed by atoms with Gasteiger partial charge in [-0.25, -0.2) is 4.98 Å². The van der Waals surface area contributed by atoms with Gasteiger partial charge in [0.15, 0.2) is 11.5 Å². The smallest absolute Gasteiger partial charge is 0.238 e. The van der Waals surface area contributed by atoms with Gasteiger partial charge in [0.25, 0.3) is 0 Å². The van der Waals surface area contributed by atoms with Gasteiger partial charge in [0.1, 0.15) is 5.82 Å². The van der Waals surface area contributed by atoms with Crippen molar-refractivity contribution >= 4 is 11.6 Å². The number of amides is 1. The molecule has 1 aromatic carbocycles. The number of hydrogen-bond acceptors (Lipinski definition) is 6. The molecule has 3 rings (SSSR count). The first-order valence-electron chi connectivity index (χ1n) is 10.1. The molecule has 0 unspecified atom stereocenters. The molecule has 0 saturated carbocycles. The molecule has 0 spiro atoms. The number of nitrogens with one attached hydrogen (secondary N) is 1. The third-order valence-corrected chi connectivity index (χ3v) is 5.27. The van der Waals surface area contributed by atoms with Crippen molar-refractivity contribution < 1.29 is 14.3 Å². The molecule has 2 aromatic rings. The number of carbonyl (C=O) groups is 1. The van der Waals surface area contributed by atoms with E-state index in [1.807, 2.05) is 18.5 Å². The fourth-order valence-electron chi connectivity index (χ4n) is 3.60. The fourth-order valence-corrected chi connectivity index (χ4v) is 3.60. The minimum absolute atomic E-state index is 0.0170. The molecule has 0 aliphatic carbocycles. The van der Waals surface area contributed by atoms with Crippen molar-refractivity contribution in [2.75, 3.05) is 58.8 Å². The Morgan fingerprint density at radius 2 is 1.79 bits per heavy atom. The standard InChI is InChI=1S/C21H31N5O3/c1-4-20-22-7-8-26(20)14-13-24-9-11-25(12-10-24)16-21(27)23-17-5-6-18(28-2)19(15-17)29-3/h5-8,15H,4,9-14,16H2,1-3H3,(H,23,27). The lowest BCUT2D eigenvalue weighted by Crippen LogP contribution is -2.49. The van der Waals surface area contributed by atoms with Gasteiger partial charge in [-0.15, -0.1) is 0 Å². The molecule has 8 heteroatoms. The summed E-state index contributed by atoms with van der Waals surface area (Å²) in [6.45, 7) is 8.22. The van der Waals surface area contributed by atoms with Gasteiger partial charge in [0.2, 0.25) is 5.91 Å². The van der Waals surface area contributed by atoms with Crippen LogP contribution in [0.5, 0.6) is 11.5 Å². The molecule has 1 aromatic heterocycles. The fraction of sp³-hybridized carbons (Fsp3) is 0.524. The van der Waals surface area contributed by atoms with E-state index in [2.05, 4.69) is 31.6 Å². The van der Waals surface area contributed by atoms with Crippen molar-refractivity contribution in [3.05, 3.63) is 36.4 Å². The molecule has 2 heterocycles. The van der Waals surface area contributed by atoms with Gasteiger partial charge in [-0.1, -0.05) is 6.92 Å². The number of benzene rings is 1. The minimum atomic E-state index is -0.0170. The van der Waals surface area contributed by atoms with Crippen molar-refractivity contribution in [2.45, 2.75) is 19.9 Å². The number of aromatic nitrogens is 2. The maximum Gasteiger partial charge on any atom is 0.238 e. The van der Waals surface area contributed by atoms with E-state index in [4.69, 9.17) is 9.47 Å². The highest BCUT2D eigenvalue weighted by molar-refractivity contribution is 5.92. The highest BCUT2D eigenvalue weighted by atomic mass is 16.5. The van der Waals surface area contributed by atoms with Crippen LogP contribution in [0.4, 0.5) is 5.69 Å². The Morgan fingerprint density at radius 1 is 1.07 bits per heavy atom. The van der Waals surface area contributed by atoms with Crippen LogP contribution in [0.15, 0.2) is 30.6 Å². The summed E-state index contributed by atoms with van der Waals surface area (Å²) in [6, 6.07) is 5.38. The molecule has 0 bridgehead atoms. The number of piperazine rings is 1. The molecule has 1 amide bonds. The molecule has 0 radical (unpaired) electrons. The predicted molar refractivity (Wildman–Crippen MR) is 113 cm³/mol. The number of rotatable bonds is 9. The van der Waals surface area contributed by atoms with E-state index in [0.717, 1.165) is 51.5 Å². The summed E-state index contributed by atoms with van der Waals surface area (Å²) in [7, 11) is 3.17. The van der Waals surface area contributed by atoms with E-state index >= 15 is 0 Å². The van der Waals surface area contributed by atoms with Crippen molar-refractivity contribution in [3.8, 4) is 11.5 Å². The normalized spacial score (nSPS) is 15.3. The second kappa shape index (κ2) is 10.3. The number of methoxy groups -OCH3 is 2. The van der Waals surface area contributed by atoms with E-state index in [1.165, 1.54) is 0 Å². The van der Waals surface area contributed by atoms with Gasteiger partial charge in [-0.3, -0.25) is 14.6 Å². The summed E-state index contributed by atoms with van der Waals surface area (Å²) in [5.74, 6) is 2.36. The second-order valence-corrected chi connectivity index (χ2v) is 7.13. The number of aryl methyl sites for hydroxylation is 1. The van der Waals surface area contributed by atoms with Gasteiger partial charge in [0, 0.05) is 69.8 Å². The second-order valence-electron chi connectivity index (χ2n) is 7.13. The van der Waals surface area contributed by atoms with Gasteiger partial charge in [-0.2, -0.15) is 0 Å². The molecule has 1 N–H and O–H groups in total. The summed E-state index contributed by atoms with van der Waals surface area (Å²) in [5, 5.41) is 2.94. The third-order valence-electron chi connectivity index (χ3n) is 5.27. The summed E-state index contributed by atoms with van der Waals surface area (Å²) < 4.78 is 12.7. The zero-order chi connectivity index (χ0) is 20.6. The number of nitrogens with zero attached hydrogens (tertiary/aromatic N) is 4. The van der Waals surface area contributed by atoms with Crippen LogP contribution in [0, 0.1) is 0 Å². The molecule has 158 valence electrons. The first-order valence-corrected chi connectivity index (χ1v) is 10.1. The Kier molecular flexibility index (Phi) is 7.48. The maximum absolute atomic E-state index is 12.4. The Bertz CT molecular complexity index is 799. The number of imidazole rings is 1. The van der Waals surface area contributed by atoms with Crippen LogP contribution in [0.2, 0.25) is 0 Å². The lowest BCUT2D eigenvalue weighted by Gasteiger charge is -2.34. The maximum atomic E-state index is 12.4. The van der Waals surface area contributed by atoms with Crippen molar-refractivity contribution in [1.82, 2.24) is 19.4 Å². The highest BCUT2D eigenvalue weighted by Crippen LogP contribution is 2.29. The number of hydrogen-bond donors (Lipinski definition) is 1. The molecule has 1 aliphatic rings. The van der Waals surface area contributed by atoms with Crippen LogP contribution in [0.1, 0.15) is 12.7 Å². The zero-order valence-electron chi connectivity index (χ0n) is 17.6. The number of anilines is 1.